The molecule has 272 valence electrons. The van der Waals surface area contributed by atoms with E-state index in [-0.39, 0.29) is 0 Å². The van der Waals surface area contributed by atoms with Gasteiger partial charge in [0.25, 0.3) is 5.97 Å². The Morgan fingerprint density at radius 3 is 1.47 bits per heavy atom. The topological polar surface area (TPSA) is 123 Å². The second kappa shape index (κ2) is 12.3. The van der Waals surface area contributed by atoms with Crippen LogP contribution >= 0.6 is 0 Å². The van der Waals surface area contributed by atoms with Gasteiger partial charge in [-0.2, -0.15) is 0 Å². The molecule has 12 nitrogen and oxygen atoms in total. The zero-order valence-corrected chi connectivity index (χ0v) is 33.1. The van der Waals surface area contributed by atoms with E-state index in [1.807, 2.05) is 106 Å². The van der Waals surface area contributed by atoms with Gasteiger partial charge in [-0.1, -0.05) is 97.1 Å². The van der Waals surface area contributed by atoms with Gasteiger partial charge in [-0.3, -0.25) is 13.3 Å². The van der Waals surface area contributed by atoms with Crippen molar-refractivity contribution in [3.63, 3.8) is 0 Å². The average Bonchev–Trinajstić information content (AvgIpc) is 3.87. The van der Waals surface area contributed by atoms with Crippen LogP contribution in [0.2, 0.25) is 19.1 Å². The van der Waals surface area contributed by atoms with Crippen LogP contribution < -0.4 is 11.0 Å². The van der Waals surface area contributed by atoms with Gasteiger partial charge in [0.15, 0.2) is 31.7 Å². The molecule has 14 heteroatoms. The van der Waals surface area contributed by atoms with Crippen LogP contribution in [0.1, 0.15) is 35.6 Å². The fourth-order valence-corrected chi connectivity index (χ4v) is 15.8. The van der Waals surface area contributed by atoms with Crippen molar-refractivity contribution in [3.05, 3.63) is 130 Å². The van der Waals surface area contributed by atoms with E-state index in [1.165, 1.54) is 6.92 Å². The largest absolute Gasteiger partial charge is 0.661 e. The molecule has 0 saturated heterocycles. The predicted molar refractivity (Wildman–Crippen MR) is 219 cm³/mol. The lowest BCUT2D eigenvalue weighted by Gasteiger charge is -2.38. The molecule has 6 aromatic rings. The van der Waals surface area contributed by atoms with E-state index < -0.39 is 23.2 Å². The minimum absolute atomic E-state index is 0.499. The number of amidine groups is 4. The highest BCUT2D eigenvalue weighted by Crippen LogP contribution is 2.44. The molecule has 0 radical (unpaired) electrons. The van der Waals surface area contributed by atoms with E-state index in [4.69, 9.17) is 38.5 Å². The maximum absolute atomic E-state index is 14.0. The number of rotatable bonds is 7. The van der Waals surface area contributed by atoms with Gasteiger partial charge < -0.3 is 13.4 Å². The van der Waals surface area contributed by atoms with Gasteiger partial charge in [-0.25, -0.2) is 30.0 Å². The highest BCUT2D eigenvalue weighted by molar-refractivity contribution is 6.83. The SMILES string of the molecule is CC(=O)O[Si]1(O[Si](C)(C)CCCN(C)C)n2c3c4ccccc4c2N=C2N=C(N=c4c5ccccc5c(n41)=NC1=NC(=N3)c3ccccc31)c1ccccc12. The second-order valence-electron chi connectivity index (χ2n) is 15.0. The Morgan fingerprint density at radius 2 is 1.04 bits per heavy atom. The number of nitrogens with zero attached hydrogens (tertiary/aromatic N) is 9. The van der Waals surface area contributed by atoms with Crippen molar-refractivity contribution in [1.29, 1.82) is 0 Å². The monoisotopic (exact) mass is 759 g/mol. The standard InChI is InChI=1S/C41H37N9O3Si2/c1-25(51)52-55(53-54(4,5)24-14-23-48(2)3)49-38-30-19-10-11-20-31(30)40(49)46-36-28-17-8-9-18-29(28)37(43-36)47-41-33-22-13-12-21-32(33)39(50(41)55)45-35-27-16-7-6-15-26(27)34(42-35)44-38/h6-13,15-22H,14,23-24H2,1-5H3. The molecule has 0 amide bonds. The van der Waals surface area contributed by atoms with Crippen molar-refractivity contribution in [3.8, 4) is 0 Å². The summed E-state index contributed by atoms with van der Waals surface area (Å²) in [5.74, 6) is 2.53. The number of carbonyl (C=O) groups excluding carboxylic acids is 1. The molecule has 0 spiro atoms. The minimum atomic E-state index is -4.47. The molecule has 2 aromatic heterocycles. The van der Waals surface area contributed by atoms with Crippen LogP contribution in [0.5, 0.6) is 0 Å². The van der Waals surface area contributed by atoms with Crippen LogP contribution in [0.25, 0.3) is 21.5 Å². The normalized spacial score (nSPS) is 17.8. The summed E-state index contributed by atoms with van der Waals surface area (Å²) in [5, 5.41) is 3.22. The number of carbonyl (C=O) groups is 1. The van der Waals surface area contributed by atoms with Crippen LogP contribution in [-0.4, -0.2) is 80.5 Å². The summed E-state index contributed by atoms with van der Waals surface area (Å²) in [6, 6.07) is 32.8. The minimum Gasteiger partial charge on any atom is -0.462 e. The van der Waals surface area contributed by atoms with E-state index in [2.05, 4.69) is 32.1 Å². The van der Waals surface area contributed by atoms with Crippen LogP contribution in [0, 0.1) is 0 Å². The van der Waals surface area contributed by atoms with Gasteiger partial charge in [-0.05, 0) is 46.2 Å². The fraction of sp³-hybridized carbons (Fsp3) is 0.195. The molecule has 4 aromatic carbocycles. The van der Waals surface area contributed by atoms with Gasteiger partial charge in [0, 0.05) is 50.7 Å². The van der Waals surface area contributed by atoms with Crippen LogP contribution in [-0.2, 0) is 13.3 Å². The van der Waals surface area contributed by atoms with E-state index in [0.717, 1.165) is 62.8 Å². The molecule has 0 saturated carbocycles. The Labute approximate surface area is 318 Å². The van der Waals surface area contributed by atoms with Gasteiger partial charge in [0.05, 0.1) is 0 Å². The maximum atomic E-state index is 14.0. The Kier molecular flexibility index (Phi) is 7.51. The summed E-state index contributed by atoms with van der Waals surface area (Å²) in [5.41, 5.74) is 4.43. The molecule has 4 aliphatic rings. The zero-order chi connectivity index (χ0) is 37.6. The Balaban J connectivity index is 1.47. The number of benzene rings is 4. The van der Waals surface area contributed by atoms with E-state index in [9.17, 15) is 4.79 Å². The lowest BCUT2D eigenvalue weighted by Crippen LogP contribution is -2.67. The first-order chi connectivity index (χ1) is 26.6. The van der Waals surface area contributed by atoms with Gasteiger partial charge in [0.2, 0.25) is 0 Å². The molecule has 0 aliphatic carbocycles. The summed E-state index contributed by atoms with van der Waals surface area (Å²) < 4.78 is 18.7. The van der Waals surface area contributed by atoms with Crippen molar-refractivity contribution in [2.24, 2.45) is 30.0 Å². The maximum Gasteiger partial charge on any atom is 0.661 e. The molecule has 6 bridgehead atoms. The number of hydrogen-bond acceptors (Lipinski definition) is 10. The molecule has 0 N–H and O–H groups in total. The average molecular weight is 760 g/mol. The van der Waals surface area contributed by atoms with Crippen molar-refractivity contribution in [1.82, 2.24) is 13.4 Å². The molecule has 4 aliphatic heterocycles. The van der Waals surface area contributed by atoms with Crippen LogP contribution in [0.15, 0.2) is 127 Å². The van der Waals surface area contributed by atoms with Crippen molar-refractivity contribution >= 4 is 79.7 Å². The fourth-order valence-electron chi connectivity index (χ4n) is 8.06. The summed E-state index contributed by atoms with van der Waals surface area (Å²) in [6.07, 6.45) is 0.898. The Hall–Kier alpha value is -5.94. The molecule has 0 fully saturated rings. The van der Waals surface area contributed by atoms with E-state index in [0.29, 0.717) is 46.0 Å². The van der Waals surface area contributed by atoms with Gasteiger partial charge in [-0.15, -0.1) is 0 Å². The zero-order valence-electron chi connectivity index (χ0n) is 31.1. The predicted octanol–water partition coefficient (Wildman–Crippen LogP) is 6.11. The van der Waals surface area contributed by atoms with E-state index >= 15 is 0 Å². The van der Waals surface area contributed by atoms with Crippen molar-refractivity contribution in [2.45, 2.75) is 32.5 Å². The molecule has 1 atom stereocenters. The molecule has 10 rings (SSSR count). The quantitative estimate of drug-likeness (QED) is 0.183. The number of fused-ring (bicyclic) bond motifs is 14. The number of hydrogen-bond donors (Lipinski definition) is 0. The summed E-state index contributed by atoms with van der Waals surface area (Å²) >= 11 is 0. The first kappa shape index (κ1) is 33.6. The Bertz CT molecular complexity index is 2760. The first-order valence-corrected chi connectivity index (χ1v) is 23.2. The highest BCUT2D eigenvalue weighted by atomic mass is 28.5. The van der Waals surface area contributed by atoms with Crippen LogP contribution in [0.3, 0.4) is 0 Å². The first-order valence-electron chi connectivity index (χ1n) is 18.4. The molecule has 6 heterocycles. The molecular formula is C41H37N9O3Si2. The molecule has 55 heavy (non-hydrogen) atoms. The highest BCUT2D eigenvalue weighted by Gasteiger charge is 2.58. The third-order valence-electron chi connectivity index (χ3n) is 10.4. The lowest BCUT2D eigenvalue weighted by molar-refractivity contribution is -0.134. The molecular weight excluding hydrogens is 723 g/mol. The molecule has 1 unspecified atom stereocenters. The summed E-state index contributed by atoms with van der Waals surface area (Å²) in [7, 11) is -3.07. The summed E-state index contributed by atoms with van der Waals surface area (Å²) in [4.78, 5) is 48.0. The second-order valence-corrected chi connectivity index (χ2v) is 22.1. The smallest absolute Gasteiger partial charge is 0.462 e. The third kappa shape index (κ3) is 5.20. The van der Waals surface area contributed by atoms with Crippen LogP contribution in [0.4, 0.5) is 11.6 Å². The number of aliphatic imine (C=N–C) groups is 4. The lowest BCUT2D eigenvalue weighted by atomic mass is 10.1. The number of aromatic nitrogens is 2. The van der Waals surface area contributed by atoms with E-state index in [1.54, 1.807) is 0 Å². The van der Waals surface area contributed by atoms with Crippen molar-refractivity contribution in [2.75, 3.05) is 20.6 Å². The third-order valence-corrected chi connectivity index (χ3v) is 17.8. The van der Waals surface area contributed by atoms with Gasteiger partial charge in [0.1, 0.15) is 22.6 Å². The summed E-state index contributed by atoms with van der Waals surface area (Å²) in [6.45, 7) is 6.71. The van der Waals surface area contributed by atoms with Gasteiger partial charge >= 0.3 is 8.88 Å². The Morgan fingerprint density at radius 1 is 0.618 bits per heavy atom. The van der Waals surface area contributed by atoms with Crippen molar-refractivity contribution < 1.29 is 13.3 Å².